The number of hydrogen-bond donors (Lipinski definition) is 1. The topological polar surface area (TPSA) is 26.0 Å². The van der Waals surface area contributed by atoms with Gasteiger partial charge in [0.1, 0.15) is 0 Å². The van der Waals surface area contributed by atoms with Crippen LogP contribution in [-0.4, -0.2) is 6.54 Å². The third-order valence-corrected chi connectivity index (χ3v) is 2.21. The van der Waals surface area contributed by atoms with Gasteiger partial charge in [0.2, 0.25) is 0 Å². The third-order valence-electron chi connectivity index (χ3n) is 1.77. The molecule has 5 heteroatoms. The Morgan fingerprint density at radius 3 is 2.20 bits per heavy atom. The predicted octanol–water partition coefficient (Wildman–Crippen LogP) is 3.77. The molecule has 0 saturated heterocycles. The first-order valence-corrected chi connectivity index (χ1v) is 4.84. The molecule has 0 saturated carbocycles. The second-order valence-corrected chi connectivity index (χ2v) is 3.80. The fourth-order valence-corrected chi connectivity index (χ4v) is 1.70. The highest BCUT2D eigenvalue weighted by molar-refractivity contribution is 6.34. The molecule has 84 valence electrons. The molecule has 0 radical (unpaired) electrons. The summed E-state index contributed by atoms with van der Waals surface area (Å²) < 4.78 is 12.2. The molecule has 1 nitrogen and oxygen atoms in total. The molecule has 0 spiro atoms. The highest BCUT2D eigenvalue weighted by atomic mass is 35.5. The first kappa shape index (κ1) is 14.7. The fourth-order valence-electron chi connectivity index (χ4n) is 1.13. The summed E-state index contributed by atoms with van der Waals surface area (Å²) in [5.41, 5.74) is 6.71. The predicted molar refractivity (Wildman–Crippen MR) is 65.7 cm³/mol. The Bertz CT molecular complexity index is 332. The number of hydrogen-bond acceptors (Lipinski definition) is 1. The Hall–Kier alpha value is -0.280. The van der Waals surface area contributed by atoms with Crippen LogP contribution in [0.25, 0.3) is 0 Å². The Labute approximate surface area is 104 Å². The van der Waals surface area contributed by atoms with Crippen LogP contribution < -0.4 is 5.73 Å². The van der Waals surface area contributed by atoms with Gasteiger partial charge in [-0.3, -0.25) is 0 Å². The van der Waals surface area contributed by atoms with Crippen molar-refractivity contribution in [2.75, 3.05) is 6.54 Å². The maximum Gasteiger partial charge on any atom is 0.0875 e. The quantitative estimate of drug-likeness (QED) is 0.889. The summed E-state index contributed by atoms with van der Waals surface area (Å²) in [5.74, 6) is 0. The van der Waals surface area contributed by atoms with E-state index in [1.807, 2.05) is 0 Å². The van der Waals surface area contributed by atoms with Crippen molar-refractivity contribution in [3.63, 3.8) is 0 Å². The zero-order valence-corrected chi connectivity index (χ0v) is 10.2. The highest BCUT2D eigenvalue weighted by Gasteiger charge is 2.01. The Morgan fingerprint density at radius 1 is 1.27 bits per heavy atom. The van der Waals surface area contributed by atoms with Gasteiger partial charge in [-0.05, 0) is 35.8 Å². The van der Waals surface area contributed by atoms with Gasteiger partial charge in [0, 0.05) is 16.6 Å². The van der Waals surface area contributed by atoms with Crippen molar-refractivity contribution in [3.05, 3.63) is 45.7 Å². The molecular weight excluding hydrogens is 259 g/mol. The monoisotopic (exact) mass is 269 g/mol. The van der Waals surface area contributed by atoms with Crippen LogP contribution in [0.3, 0.4) is 0 Å². The molecule has 2 N–H and O–H groups in total. The van der Waals surface area contributed by atoms with Crippen molar-refractivity contribution in [2.45, 2.75) is 6.42 Å². The van der Waals surface area contributed by atoms with E-state index in [0.717, 1.165) is 5.56 Å². The average Bonchev–Trinajstić information content (AvgIpc) is 2.12. The lowest BCUT2D eigenvalue weighted by atomic mass is 10.1. The van der Waals surface area contributed by atoms with Gasteiger partial charge in [-0.25, -0.2) is 4.39 Å². The molecule has 1 rings (SSSR count). The van der Waals surface area contributed by atoms with E-state index in [9.17, 15) is 4.39 Å². The summed E-state index contributed by atoms with van der Waals surface area (Å²) in [6, 6.07) is 5.12. The lowest BCUT2D eigenvalue weighted by Gasteiger charge is -2.04. The molecule has 0 bridgehead atoms. The number of halogens is 4. The molecule has 0 unspecified atom stereocenters. The van der Waals surface area contributed by atoms with Gasteiger partial charge in [0.25, 0.3) is 0 Å². The Morgan fingerprint density at radius 2 is 1.80 bits per heavy atom. The van der Waals surface area contributed by atoms with Crippen molar-refractivity contribution in [1.82, 2.24) is 0 Å². The molecular formula is C10H11Cl3FN. The van der Waals surface area contributed by atoms with Crippen molar-refractivity contribution >= 4 is 35.6 Å². The molecule has 0 heterocycles. The maximum atomic E-state index is 12.2. The van der Waals surface area contributed by atoms with E-state index in [1.54, 1.807) is 18.2 Å². The fraction of sp³-hybridized carbons (Fsp3) is 0.200. The van der Waals surface area contributed by atoms with Gasteiger partial charge >= 0.3 is 0 Å². The Balaban J connectivity index is 0.00000196. The van der Waals surface area contributed by atoms with Crippen LogP contribution in [0.15, 0.2) is 30.1 Å². The number of benzene rings is 1. The van der Waals surface area contributed by atoms with Crippen LogP contribution in [-0.2, 0) is 6.42 Å². The van der Waals surface area contributed by atoms with Crippen LogP contribution in [0.2, 0.25) is 10.0 Å². The minimum absolute atomic E-state index is 0. The molecule has 15 heavy (non-hydrogen) atoms. The third kappa shape index (κ3) is 4.85. The van der Waals surface area contributed by atoms with E-state index < -0.39 is 0 Å². The maximum absolute atomic E-state index is 12.2. The first-order chi connectivity index (χ1) is 6.65. The molecule has 1 aromatic carbocycles. The van der Waals surface area contributed by atoms with E-state index in [-0.39, 0.29) is 19.0 Å². The van der Waals surface area contributed by atoms with Gasteiger partial charge < -0.3 is 5.73 Å². The molecule has 1 aromatic rings. The summed E-state index contributed by atoms with van der Waals surface area (Å²) in [6.07, 6.45) is 0.960. The second-order valence-electron chi connectivity index (χ2n) is 2.93. The van der Waals surface area contributed by atoms with E-state index in [0.29, 0.717) is 28.4 Å². The van der Waals surface area contributed by atoms with Crippen molar-refractivity contribution < 1.29 is 4.39 Å². The molecule has 0 aliphatic rings. The lowest BCUT2D eigenvalue weighted by molar-refractivity contribution is 0.699. The molecule has 0 aliphatic carbocycles. The highest BCUT2D eigenvalue weighted by Crippen LogP contribution is 2.20. The molecule has 0 aliphatic heterocycles. The van der Waals surface area contributed by atoms with E-state index in [4.69, 9.17) is 28.9 Å². The minimum Gasteiger partial charge on any atom is -0.327 e. The van der Waals surface area contributed by atoms with E-state index in [1.165, 1.54) is 0 Å². The van der Waals surface area contributed by atoms with E-state index >= 15 is 0 Å². The normalized spacial score (nSPS) is 11.1. The average molecular weight is 271 g/mol. The van der Waals surface area contributed by atoms with Crippen LogP contribution in [0.4, 0.5) is 4.39 Å². The summed E-state index contributed by atoms with van der Waals surface area (Å²) in [7, 11) is 0. The van der Waals surface area contributed by atoms with Gasteiger partial charge in [0.05, 0.1) is 6.33 Å². The van der Waals surface area contributed by atoms with Gasteiger partial charge in [-0.2, -0.15) is 0 Å². The Kier molecular flexibility index (Phi) is 6.94. The molecule has 0 fully saturated rings. The summed E-state index contributed by atoms with van der Waals surface area (Å²) in [4.78, 5) is 0. The van der Waals surface area contributed by atoms with E-state index in [2.05, 4.69) is 0 Å². The van der Waals surface area contributed by atoms with Gasteiger partial charge in [-0.1, -0.05) is 23.2 Å². The van der Waals surface area contributed by atoms with Crippen LogP contribution in [0, 0.1) is 0 Å². The van der Waals surface area contributed by atoms with Gasteiger partial charge in [-0.15, -0.1) is 12.4 Å². The van der Waals surface area contributed by atoms with Crippen molar-refractivity contribution in [2.24, 2.45) is 5.73 Å². The number of nitrogens with two attached hydrogens (primary N) is 1. The van der Waals surface area contributed by atoms with Crippen LogP contribution in [0.1, 0.15) is 5.56 Å². The van der Waals surface area contributed by atoms with Crippen LogP contribution in [0.5, 0.6) is 0 Å². The zero-order valence-electron chi connectivity index (χ0n) is 7.84. The largest absolute Gasteiger partial charge is 0.327 e. The second kappa shape index (κ2) is 7.07. The zero-order chi connectivity index (χ0) is 10.6. The minimum atomic E-state index is 0. The summed E-state index contributed by atoms with van der Waals surface area (Å²) >= 11 is 11.6. The first-order valence-electron chi connectivity index (χ1n) is 4.09. The van der Waals surface area contributed by atoms with Crippen molar-refractivity contribution in [1.29, 1.82) is 0 Å². The summed E-state index contributed by atoms with van der Waals surface area (Å²) in [5, 5.41) is 1.09. The lowest BCUT2D eigenvalue weighted by Crippen LogP contribution is -2.05. The van der Waals surface area contributed by atoms with Crippen molar-refractivity contribution in [3.8, 4) is 0 Å². The number of rotatable bonds is 3. The molecule has 0 aromatic heterocycles. The smallest absolute Gasteiger partial charge is 0.0875 e. The SMILES string of the molecule is Cl.NCC(=CF)Cc1cc(Cl)cc(Cl)c1. The standard InChI is InChI=1S/C10H10Cl2FN.ClH/c11-9-2-7(3-10(12)4-9)1-8(5-13)6-14;/h2-5H,1,6,14H2;1H. The summed E-state index contributed by atoms with van der Waals surface area (Å²) in [6.45, 7) is 0.195. The van der Waals surface area contributed by atoms with Crippen LogP contribution >= 0.6 is 35.6 Å². The van der Waals surface area contributed by atoms with Gasteiger partial charge in [0.15, 0.2) is 0 Å². The molecule has 0 amide bonds. The molecule has 0 atom stereocenters.